The number of hydrogen-bond acceptors (Lipinski definition) is 6. The van der Waals surface area contributed by atoms with Crippen molar-refractivity contribution in [2.45, 2.75) is 72.9 Å². The molecule has 6 nitrogen and oxygen atoms in total. The zero-order valence-corrected chi connectivity index (χ0v) is 27.9. The van der Waals surface area contributed by atoms with Gasteiger partial charge in [-0.2, -0.15) is 45.6 Å². The third-order valence-corrected chi connectivity index (χ3v) is 10.3. The van der Waals surface area contributed by atoms with Gasteiger partial charge < -0.3 is 19.7 Å². The van der Waals surface area contributed by atoms with Gasteiger partial charge in [-0.15, -0.1) is 0 Å². The SMILES string of the molecule is N#Cc1cc(F)cc(Oc2ccc3c4c2[C@@H](F)CC[C@@]4(O)C(F)(F)C3(F)F)c1.N#Cc1cc(F)cc(Oc2ccc3c4c2[C@H](F)CC[C@]4(O)C(F)(F)C3(F)F)c1. The average Bonchev–Trinajstić information content (AvgIpc) is 3.33. The van der Waals surface area contributed by atoms with Gasteiger partial charge in [-0.1, -0.05) is 0 Å². The monoisotopic (exact) mass is 798 g/mol. The predicted molar refractivity (Wildman–Crippen MR) is 167 cm³/mol. The first-order valence-electron chi connectivity index (χ1n) is 16.4. The molecule has 0 unspecified atom stereocenters. The summed E-state index contributed by atoms with van der Waals surface area (Å²) in [6.07, 6.45) is -6.92. The van der Waals surface area contributed by atoms with Gasteiger partial charge in [0.05, 0.1) is 23.3 Å². The standard InChI is InChI=1S/2C19H11F6NO2/c2*20-10-5-9(8-26)6-11(7-10)28-14-2-1-12-16-15(14)13(21)3-4-17(16,27)19(24,25)18(12,22)23/h2*1-2,5-7,13,27H,3-4H2/t2*13-,17-/m10/s1. The Morgan fingerprint density at radius 1 is 0.571 bits per heavy atom. The van der Waals surface area contributed by atoms with Crippen molar-refractivity contribution < 1.29 is 72.4 Å². The Labute approximate surface area is 307 Å². The minimum Gasteiger partial charge on any atom is -0.457 e. The minimum absolute atomic E-state index is 0.115. The maximum atomic E-state index is 14.6. The lowest BCUT2D eigenvalue weighted by Gasteiger charge is -2.37. The highest BCUT2D eigenvalue weighted by molar-refractivity contribution is 5.60. The van der Waals surface area contributed by atoms with Crippen molar-refractivity contribution in [2.24, 2.45) is 0 Å². The van der Waals surface area contributed by atoms with Crippen LogP contribution in [0.15, 0.2) is 60.7 Å². The van der Waals surface area contributed by atoms with E-state index in [4.69, 9.17) is 20.0 Å². The molecule has 0 aromatic heterocycles. The largest absolute Gasteiger partial charge is 0.457 e. The molecular weight excluding hydrogens is 776 g/mol. The Morgan fingerprint density at radius 2 is 0.929 bits per heavy atom. The van der Waals surface area contributed by atoms with E-state index in [0.29, 0.717) is 12.1 Å². The first-order chi connectivity index (χ1) is 26.1. The van der Waals surface area contributed by atoms with Gasteiger partial charge in [-0.3, -0.25) is 0 Å². The van der Waals surface area contributed by atoms with Crippen LogP contribution in [0.3, 0.4) is 0 Å². The number of halogens is 12. The third kappa shape index (κ3) is 5.25. The van der Waals surface area contributed by atoms with Crippen LogP contribution in [0.1, 0.15) is 82.5 Å². The quantitative estimate of drug-likeness (QED) is 0.199. The van der Waals surface area contributed by atoms with Crippen LogP contribution in [0.2, 0.25) is 0 Å². The number of nitrogens with zero attached hydrogens (tertiary/aromatic N) is 2. The highest BCUT2D eigenvalue weighted by Gasteiger charge is 2.78. The summed E-state index contributed by atoms with van der Waals surface area (Å²) in [4.78, 5) is 0. The molecule has 0 saturated heterocycles. The number of alkyl halides is 10. The van der Waals surface area contributed by atoms with Crippen LogP contribution in [0, 0.1) is 34.3 Å². The van der Waals surface area contributed by atoms with Gasteiger partial charge in [0.25, 0.3) is 0 Å². The summed E-state index contributed by atoms with van der Waals surface area (Å²) in [6.45, 7) is 0. The molecule has 4 aliphatic rings. The van der Waals surface area contributed by atoms with Crippen molar-refractivity contribution in [1.82, 2.24) is 0 Å². The van der Waals surface area contributed by atoms with Crippen LogP contribution in [0.5, 0.6) is 23.0 Å². The molecular formula is C38H22F12N2O4. The van der Waals surface area contributed by atoms with E-state index in [2.05, 4.69) is 0 Å². The lowest BCUT2D eigenvalue weighted by atomic mass is 9.77. The third-order valence-electron chi connectivity index (χ3n) is 10.3. The summed E-state index contributed by atoms with van der Waals surface area (Å²) in [7, 11) is 0. The predicted octanol–water partition coefficient (Wildman–Crippen LogP) is 10.4. The Balaban J connectivity index is 0.000000172. The second-order valence-electron chi connectivity index (χ2n) is 13.6. The molecule has 0 amide bonds. The van der Waals surface area contributed by atoms with E-state index in [1.165, 1.54) is 0 Å². The van der Waals surface area contributed by atoms with Crippen molar-refractivity contribution in [2.75, 3.05) is 0 Å². The Hall–Kier alpha value is -5.46. The maximum Gasteiger partial charge on any atom is 0.346 e. The molecule has 0 fully saturated rings. The molecule has 56 heavy (non-hydrogen) atoms. The first kappa shape index (κ1) is 38.8. The topological polar surface area (TPSA) is 106 Å². The summed E-state index contributed by atoms with van der Waals surface area (Å²) in [5.41, 5.74) is -12.1. The van der Waals surface area contributed by atoms with Crippen LogP contribution in [-0.4, -0.2) is 22.1 Å². The molecule has 292 valence electrons. The van der Waals surface area contributed by atoms with E-state index in [1.54, 1.807) is 12.1 Å². The molecule has 0 radical (unpaired) electrons. The van der Waals surface area contributed by atoms with Crippen molar-refractivity contribution in [3.63, 3.8) is 0 Å². The van der Waals surface area contributed by atoms with E-state index < -0.39 is 129 Å². The molecule has 8 rings (SSSR count). The highest BCUT2D eigenvalue weighted by atomic mass is 19.3. The average molecular weight is 799 g/mol. The van der Waals surface area contributed by atoms with E-state index >= 15 is 0 Å². The molecule has 0 saturated carbocycles. The number of ether oxygens (including phenoxy) is 2. The maximum absolute atomic E-state index is 14.6. The van der Waals surface area contributed by atoms with Gasteiger partial charge in [0, 0.05) is 45.5 Å². The van der Waals surface area contributed by atoms with Crippen LogP contribution >= 0.6 is 0 Å². The number of aliphatic hydroxyl groups is 2. The number of benzene rings is 4. The fourth-order valence-corrected chi connectivity index (χ4v) is 7.74. The molecule has 4 atom stereocenters. The summed E-state index contributed by atoms with van der Waals surface area (Å²) < 4.78 is 182. The van der Waals surface area contributed by atoms with Gasteiger partial charge in [-0.25, -0.2) is 17.6 Å². The zero-order chi connectivity index (χ0) is 41.0. The minimum atomic E-state index is -4.83. The van der Waals surface area contributed by atoms with E-state index in [1.807, 2.05) is 0 Å². The van der Waals surface area contributed by atoms with Gasteiger partial charge in [0.2, 0.25) is 0 Å². The number of rotatable bonds is 4. The second kappa shape index (κ2) is 12.5. The molecule has 0 spiro atoms. The Kier molecular flexibility index (Phi) is 8.68. The van der Waals surface area contributed by atoms with Crippen molar-refractivity contribution in [1.29, 1.82) is 10.5 Å². The normalized spacial score (nSPS) is 26.4. The number of hydrogen-bond donors (Lipinski definition) is 2. The molecule has 0 bridgehead atoms. The van der Waals surface area contributed by atoms with E-state index in [-0.39, 0.29) is 22.6 Å². The Morgan fingerprint density at radius 3 is 1.27 bits per heavy atom. The summed E-state index contributed by atoms with van der Waals surface area (Å²) in [5, 5.41) is 38.6. The lowest BCUT2D eigenvalue weighted by Crippen LogP contribution is -2.50. The van der Waals surface area contributed by atoms with Crippen molar-refractivity contribution >= 4 is 0 Å². The van der Waals surface area contributed by atoms with Gasteiger partial charge >= 0.3 is 23.7 Å². The van der Waals surface area contributed by atoms with E-state index in [0.717, 1.165) is 48.5 Å². The van der Waals surface area contributed by atoms with Gasteiger partial charge in [-0.05, 0) is 74.2 Å². The molecule has 2 N–H and O–H groups in total. The fraction of sp³-hybridized carbons (Fsp3) is 0.316. The molecule has 0 aliphatic heterocycles. The lowest BCUT2D eigenvalue weighted by molar-refractivity contribution is -0.289. The molecule has 4 aromatic carbocycles. The van der Waals surface area contributed by atoms with Crippen LogP contribution < -0.4 is 9.47 Å². The van der Waals surface area contributed by atoms with Crippen LogP contribution in [0.25, 0.3) is 0 Å². The molecule has 0 heterocycles. The molecule has 18 heteroatoms. The summed E-state index contributed by atoms with van der Waals surface area (Å²) in [6, 6.07) is 12.2. The molecule has 4 aliphatic carbocycles. The summed E-state index contributed by atoms with van der Waals surface area (Å²) in [5.74, 6) is -22.0. The van der Waals surface area contributed by atoms with Crippen LogP contribution in [-0.2, 0) is 23.0 Å². The Bertz CT molecular complexity index is 2230. The van der Waals surface area contributed by atoms with Crippen LogP contribution in [0.4, 0.5) is 52.7 Å². The van der Waals surface area contributed by atoms with Gasteiger partial charge in [0.15, 0.2) is 11.2 Å². The van der Waals surface area contributed by atoms with Crippen molar-refractivity contribution in [3.05, 3.63) is 117 Å². The second-order valence-corrected chi connectivity index (χ2v) is 13.6. The van der Waals surface area contributed by atoms with E-state index in [9.17, 15) is 62.9 Å². The first-order valence-corrected chi connectivity index (χ1v) is 16.4. The summed E-state index contributed by atoms with van der Waals surface area (Å²) >= 11 is 0. The number of nitriles is 2. The smallest absolute Gasteiger partial charge is 0.346 e. The molecule has 4 aromatic rings. The van der Waals surface area contributed by atoms with Gasteiger partial charge in [0.1, 0.15) is 47.0 Å². The van der Waals surface area contributed by atoms with Crippen molar-refractivity contribution in [3.8, 4) is 35.1 Å². The highest BCUT2D eigenvalue weighted by Crippen LogP contribution is 2.68. The fourth-order valence-electron chi connectivity index (χ4n) is 7.74. The zero-order valence-electron chi connectivity index (χ0n) is 27.9.